The lowest BCUT2D eigenvalue weighted by Gasteiger charge is -2.17. The number of nitrogens with two attached hydrogens (primary N) is 1. The van der Waals surface area contributed by atoms with Crippen LogP contribution in [-0.4, -0.2) is 12.7 Å². The molecule has 2 rings (SSSR count). The molecule has 0 bridgehead atoms. The normalized spacial score (nSPS) is 17.4. The van der Waals surface area contributed by atoms with Crippen LogP contribution in [0.5, 0.6) is 11.5 Å². The fourth-order valence-corrected chi connectivity index (χ4v) is 1.81. The van der Waals surface area contributed by atoms with E-state index in [1.54, 1.807) is 7.11 Å². The first-order valence-electron chi connectivity index (χ1n) is 4.68. The van der Waals surface area contributed by atoms with Crippen LogP contribution in [0.4, 0.5) is 5.69 Å². The van der Waals surface area contributed by atoms with Crippen LogP contribution in [0.15, 0.2) is 12.1 Å². The van der Waals surface area contributed by atoms with Gasteiger partial charge in [0, 0.05) is 17.7 Å². The van der Waals surface area contributed by atoms with Crippen molar-refractivity contribution >= 4 is 5.69 Å². The molecule has 1 aromatic carbocycles. The largest absolute Gasteiger partial charge is 0.493 e. The number of rotatable bonds is 1. The van der Waals surface area contributed by atoms with Gasteiger partial charge in [0.25, 0.3) is 0 Å². The molecule has 0 atom stereocenters. The first-order valence-corrected chi connectivity index (χ1v) is 4.68. The predicted molar refractivity (Wildman–Crippen MR) is 55.8 cm³/mol. The van der Waals surface area contributed by atoms with E-state index in [0.717, 1.165) is 29.2 Å². The fraction of sp³-hybridized carbons (Fsp3) is 0.455. The number of hydrogen-bond acceptors (Lipinski definition) is 3. The van der Waals surface area contributed by atoms with Crippen molar-refractivity contribution < 1.29 is 9.47 Å². The van der Waals surface area contributed by atoms with Crippen molar-refractivity contribution in [2.45, 2.75) is 25.9 Å². The number of fused-ring (bicyclic) bond motifs is 1. The number of nitrogen functional groups attached to an aromatic ring is 1. The molecule has 1 aliphatic rings. The summed E-state index contributed by atoms with van der Waals surface area (Å²) in [5.41, 5.74) is 7.55. The number of anilines is 1. The molecule has 0 aromatic heterocycles. The molecule has 0 fully saturated rings. The average Bonchev–Trinajstić information content (AvgIpc) is 2.42. The van der Waals surface area contributed by atoms with E-state index in [0.29, 0.717) is 0 Å². The van der Waals surface area contributed by atoms with E-state index in [9.17, 15) is 0 Å². The topological polar surface area (TPSA) is 44.5 Å². The lowest BCUT2D eigenvalue weighted by molar-refractivity contribution is 0.134. The first kappa shape index (κ1) is 9.19. The fourth-order valence-electron chi connectivity index (χ4n) is 1.81. The molecular formula is C11H15NO2. The molecule has 2 N–H and O–H groups in total. The Balaban J connectivity index is 2.53. The third-order valence-corrected chi connectivity index (χ3v) is 2.46. The molecular weight excluding hydrogens is 178 g/mol. The quantitative estimate of drug-likeness (QED) is 0.694. The summed E-state index contributed by atoms with van der Waals surface area (Å²) < 4.78 is 11.0. The summed E-state index contributed by atoms with van der Waals surface area (Å²) in [7, 11) is 1.64. The second-order valence-electron chi connectivity index (χ2n) is 4.20. The predicted octanol–water partition coefficient (Wildman–Crippen LogP) is 1.99. The van der Waals surface area contributed by atoms with Gasteiger partial charge in [-0.3, -0.25) is 0 Å². The second kappa shape index (κ2) is 2.80. The van der Waals surface area contributed by atoms with Gasteiger partial charge >= 0.3 is 0 Å². The van der Waals surface area contributed by atoms with Gasteiger partial charge in [-0.2, -0.15) is 0 Å². The Bertz CT molecular complexity index is 372. The zero-order chi connectivity index (χ0) is 10.3. The molecule has 0 amide bonds. The molecule has 3 heteroatoms. The monoisotopic (exact) mass is 193 g/mol. The number of methoxy groups -OCH3 is 1. The Morgan fingerprint density at radius 1 is 1.43 bits per heavy atom. The summed E-state index contributed by atoms with van der Waals surface area (Å²) in [5.74, 6) is 1.57. The summed E-state index contributed by atoms with van der Waals surface area (Å²) in [4.78, 5) is 0. The van der Waals surface area contributed by atoms with Crippen LogP contribution in [0.25, 0.3) is 0 Å². The number of hydrogen-bond donors (Lipinski definition) is 1. The van der Waals surface area contributed by atoms with Crippen LogP contribution >= 0.6 is 0 Å². The van der Waals surface area contributed by atoms with Gasteiger partial charge < -0.3 is 15.2 Å². The molecule has 0 unspecified atom stereocenters. The highest BCUT2D eigenvalue weighted by Crippen LogP contribution is 2.44. The van der Waals surface area contributed by atoms with Gasteiger partial charge in [0.1, 0.15) is 5.60 Å². The Kier molecular flexibility index (Phi) is 1.84. The molecule has 14 heavy (non-hydrogen) atoms. The SMILES string of the molecule is COc1ccc(N)c2c1OC(C)(C)C2. The van der Waals surface area contributed by atoms with Gasteiger partial charge in [-0.1, -0.05) is 0 Å². The van der Waals surface area contributed by atoms with Crippen LogP contribution < -0.4 is 15.2 Å². The van der Waals surface area contributed by atoms with E-state index in [4.69, 9.17) is 15.2 Å². The Morgan fingerprint density at radius 2 is 2.14 bits per heavy atom. The molecule has 0 saturated heterocycles. The minimum absolute atomic E-state index is 0.176. The highest BCUT2D eigenvalue weighted by Gasteiger charge is 2.33. The Labute approximate surface area is 83.8 Å². The number of benzene rings is 1. The molecule has 1 aromatic rings. The first-order chi connectivity index (χ1) is 6.53. The summed E-state index contributed by atoms with van der Waals surface area (Å²) >= 11 is 0. The second-order valence-corrected chi connectivity index (χ2v) is 4.20. The highest BCUT2D eigenvalue weighted by atomic mass is 16.5. The van der Waals surface area contributed by atoms with E-state index in [2.05, 4.69) is 0 Å². The molecule has 76 valence electrons. The van der Waals surface area contributed by atoms with Crippen molar-refractivity contribution in [1.29, 1.82) is 0 Å². The van der Waals surface area contributed by atoms with Gasteiger partial charge in [-0.15, -0.1) is 0 Å². The standard InChI is InChI=1S/C11H15NO2/c1-11(2)6-7-8(12)4-5-9(13-3)10(7)14-11/h4-5H,6,12H2,1-3H3. The van der Waals surface area contributed by atoms with Crippen LogP contribution in [0.2, 0.25) is 0 Å². The van der Waals surface area contributed by atoms with Gasteiger partial charge in [-0.25, -0.2) is 0 Å². The van der Waals surface area contributed by atoms with Gasteiger partial charge in [-0.05, 0) is 26.0 Å². The minimum atomic E-state index is -0.176. The van der Waals surface area contributed by atoms with Crippen LogP contribution in [0.1, 0.15) is 19.4 Å². The third-order valence-electron chi connectivity index (χ3n) is 2.46. The Hall–Kier alpha value is -1.38. The van der Waals surface area contributed by atoms with Gasteiger partial charge in [0.05, 0.1) is 7.11 Å². The van der Waals surface area contributed by atoms with Crippen molar-refractivity contribution in [3.63, 3.8) is 0 Å². The number of ether oxygens (including phenoxy) is 2. The Morgan fingerprint density at radius 3 is 2.79 bits per heavy atom. The van der Waals surface area contributed by atoms with Crippen LogP contribution in [0.3, 0.4) is 0 Å². The van der Waals surface area contributed by atoms with E-state index in [-0.39, 0.29) is 5.60 Å². The molecule has 1 aliphatic heterocycles. The molecule has 3 nitrogen and oxygen atoms in total. The summed E-state index contributed by atoms with van der Waals surface area (Å²) in [6.45, 7) is 4.10. The van der Waals surface area contributed by atoms with Crippen molar-refractivity contribution in [3.05, 3.63) is 17.7 Å². The maximum atomic E-state index is 5.88. The minimum Gasteiger partial charge on any atom is -0.493 e. The van der Waals surface area contributed by atoms with Crippen LogP contribution in [0, 0.1) is 0 Å². The lowest BCUT2D eigenvalue weighted by atomic mass is 10.0. The third kappa shape index (κ3) is 1.29. The van der Waals surface area contributed by atoms with Crippen LogP contribution in [-0.2, 0) is 6.42 Å². The van der Waals surface area contributed by atoms with E-state index < -0.39 is 0 Å². The molecule has 0 saturated carbocycles. The summed E-state index contributed by atoms with van der Waals surface area (Å²) in [6, 6.07) is 3.71. The molecule has 0 spiro atoms. The van der Waals surface area contributed by atoms with Crippen molar-refractivity contribution in [1.82, 2.24) is 0 Å². The maximum absolute atomic E-state index is 5.88. The molecule has 0 aliphatic carbocycles. The summed E-state index contributed by atoms with van der Waals surface area (Å²) in [5, 5.41) is 0. The average molecular weight is 193 g/mol. The van der Waals surface area contributed by atoms with Crippen molar-refractivity contribution in [3.8, 4) is 11.5 Å². The summed E-state index contributed by atoms with van der Waals surface area (Å²) in [6.07, 6.45) is 0.839. The van der Waals surface area contributed by atoms with Gasteiger partial charge in [0.15, 0.2) is 11.5 Å². The maximum Gasteiger partial charge on any atom is 0.167 e. The molecule has 0 radical (unpaired) electrons. The van der Waals surface area contributed by atoms with Gasteiger partial charge in [0.2, 0.25) is 0 Å². The zero-order valence-electron chi connectivity index (χ0n) is 8.76. The van der Waals surface area contributed by atoms with Crippen molar-refractivity contribution in [2.24, 2.45) is 0 Å². The highest BCUT2D eigenvalue weighted by molar-refractivity contribution is 5.63. The van der Waals surface area contributed by atoms with E-state index in [1.807, 2.05) is 26.0 Å². The zero-order valence-corrected chi connectivity index (χ0v) is 8.76. The smallest absolute Gasteiger partial charge is 0.167 e. The van der Waals surface area contributed by atoms with E-state index >= 15 is 0 Å². The molecule has 1 heterocycles. The van der Waals surface area contributed by atoms with Crippen molar-refractivity contribution in [2.75, 3.05) is 12.8 Å². The van der Waals surface area contributed by atoms with E-state index in [1.165, 1.54) is 0 Å². The lowest BCUT2D eigenvalue weighted by Crippen LogP contribution is -2.24.